The average molecular weight is 284 g/mol. The summed E-state index contributed by atoms with van der Waals surface area (Å²) in [5.41, 5.74) is 5.75. The number of ether oxygens (including phenoxy) is 2. The first kappa shape index (κ1) is 15.7. The molecule has 0 aromatic carbocycles. The molecule has 3 unspecified atom stereocenters. The zero-order valence-electron chi connectivity index (χ0n) is 12.7. The van der Waals surface area contributed by atoms with E-state index in [1.54, 1.807) is 7.11 Å². The highest BCUT2D eigenvalue weighted by molar-refractivity contribution is 5.77. The van der Waals surface area contributed by atoms with Gasteiger partial charge in [-0.3, -0.25) is 4.79 Å². The van der Waals surface area contributed by atoms with Crippen LogP contribution in [0, 0.1) is 5.41 Å². The maximum absolute atomic E-state index is 12.1. The smallest absolute Gasteiger partial charge is 0.222 e. The highest BCUT2D eigenvalue weighted by Crippen LogP contribution is 2.54. The topological polar surface area (TPSA) is 73.6 Å². The molecule has 3 atom stereocenters. The second-order valence-electron chi connectivity index (χ2n) is 6.04. The van der Waals surface area contributed by atoms with E-state index in [-0.39, 0.29) is 23.5 Å². The monoisotopic (exact) mass is 284 g/mol. The van der Waals surface area contributed by atoms with Crippen LogP contribution >= 0.6 is 0 Å². The Morgan fingerprint density at radius 3 is 2.70 bits per heavy atom. The largest absolute Gasteiger partial charge is 0.380 e. The number of hydrogen-bond acceptors (Lipinski definition) is 4. The van der Waals surface area contributed by atoms with Gasteiger partial charge in [0, 0.05) is 31.7 Å². The summed E-state index contributed by atoms with van der Waals surface area (Å²) in [4.78, 5) is 12.1. The zero-order valence-corrected chi connectivity index (χ0v) is 12.7. The Labute approximate surface area is 121 Å². The molecular weight excluding hydrogens is 256 g/mol. The number of amides is 1. The summed E-state index contributed by atoms with van der Waals surface area (Å²) in [6.07, 6.45) is 6.28. The first-order valence-corrected chi connectivity index (χ1v) is 7.80. The molecule has 5 nitrogen and oxygen atoms in total. The molecule has 0 heterocycles. The van der Waals surface area contributed by atoms with Crippen molar-refractivity contribution in [1.29, 1.82) is 0 Å². The minimum atomic E-state index is -0.183. The van der Waals surface area contributed by atoms with Gasteiger partial charge in [0.15, 0.2) is 0 Å². The summed E-state index contributed by atoms with van der Waals surface area (Å²) in [5.74, 6) is 0.0496. The van der Waals surface area contributed by atoms with Gasteiger partial charge in [0.25, 0.3) is 0 Å². The van der Waals surface area contributed by atoms with Crippen LogP contribution in [-0.2, 0) is 14.3 Å². The number of carbonyl (C=O) groups excluding carboxylic acids is 1. The first-order valence-electron chi connectivity index (χ1n) is 7.80. The van der Waals surface area contributed by atoms with E-state index in [1.165, 1.54) is 25.7 Å². The van der Waals surface area contributed by atoms with Gasteiger partial charge >= 0.3 is 0 Å². The van der Waals surface area contributed by atoms with Crippen molar-refractivity contribution >= 4 is 5.91 Å². The Balaban J connectivity index is 1.88. The summed E-state index contributed by atoms with van der Waals surface area (Å²) < 4.78 is 11.0. The van der Waals surface area contributed by atoms with Gasteiger partial charge in [-0.15, -0.1) is 0 Å². The fourth-order valence-electron chi connectivity index (χ4n) is 3.81. The molecule has 0 aliphatic heterocycles. The first-order chi connectivity index (χ1) is 9.66. The number of nitrogens with one attached hydrogen (secondary N) is 1. The lowest BCUT2D eigenvalue weighted by Crippen LogP contribution is -2.63. The van der Waals surface area contributed by atoms with Crippen molar-refractivity contribution in [3.63, 3.8) is 0 Å². The van der Waals surface area contributed by atoms with Crippen LogP contribution in [0.4, 0.5) is 0 Å². The van der Waals surface area contributed by atoms with Crippen molar-refractivity contribution in [1.82, 2.24) is 5.32 Å². The number of carbonyl (C=O) groups is 1. The predicted octanol–water partition coefficient (Wildman–Crippen LogP) is 1.20. The Kier molecular flexibility index (Phi) is 5.41. The molecule has 5 heteroatoms. The van der Waals surface area contributed by atoms with E-state index in [9.17, 15) is 4.79 Å². The highest BCUT2D eigenvalue weighted by Gasteiger charge is 2.57. The second kappa shape index (κ2) is 6.87. The van der Waals surface area contributed by atoms with Crippen LogP contribution in [0.15, 0.2) is 0 Å². The highest BCUT2D eigenvalue weighted by atomic mass is 16.5. The van der Waals surface area contributed by atoms with Gasteiger partial charge in [-0.2, -0.15) is 0 Å². The van der Waals surface area contributed by atoms with E-state index in [4.69, 9.17) is 15.2 Å². The molecule has 0 saturated heterocycles. The van der Waals surface area contributed by atoms with Gasteiger partial charge in [-0.25, -0.2) is 0 Å². The van der Waals surface area contributed by atoms with Crippen LogP contribution in [0.25, 0.3) is 0 Å². The summed E-state index contributed by atoms with van der Waals surface area (Å²) in [6, 6.07) is 0.268. The number of nitrogens with two attached hydrogens (primary N) is 1. The van der Waals surface area contributed by atoms with Crippen LogP contribution in [0.1, 0.15) is 45.4 Å². The molecule has 0 radical (unpaired) electrons. The minimum absolute atomic E-state index is 0.0496. The lowest BCUT2D eigenvalue weighted by atomic mass is 9.60. The van der Waals surface area contributed by atoms with Gasteiger partial charge in [0.2, 0.25) is 5.91 Å². The third kappa shape index (κ3) is 3.00. The third-order valence-corrected chi connectivity index (χ3v) is 5.03. The fourth-order valence-corrected chi connectivity index (χ4v) is 3.81. The van der Waals surface area contributed by atoms with Crippen LogP contribution in [-0.4, -0.2) is 44.4 Å². The van der Waals surface area contributed by atoms with E-state index in [0.717, 1.165) is 13.0 Å². The molecule has 0 aromatic heterocycles. The quantitative estimate of drug-likeness (QED) is 0.737. The molecule has 2 aliphatic carbocycles. The Hall–Kier alpha value is -0.650. The van der Waals surface area contributed by atoms with Gasteiger partial charge < -0.3 is 20.5 Å². The van der Waals surface area contributed by atoms with Crippen molar-refractivity contribution in [3.8, 4) is 0 Å². The third-order valence-electron chi connectivity index (χ3n) is 5.03. The summed E-state index contributed by atoms with van der Waals surface area (Å²) in [5, 5.41) is 3.18. The lowest BCUT2D eigenvalue weighted by molar-refractivity contribution is -0.145. The molecule has 0 bridgehead atoms. The Morgan fingerprint density at radius 2 is 2.15 bits per heavy atom. The SMILES string of the molecule is CCOC1CC(NC(=O)CC(CN)OC)C12CCCC2. The maximum atomic E-state index is 12.1. The van der Waals surface area contributed by atoms with E-state index < -0.39 is 0 Å². The lowest BCUT2D eigenvalue weighted by Gasteiger charge is -2.54. The summed E-state index contributed by atoms with van der Waals surface area (Å²) >= 11 is 0. The zero-order chi connectivity index (χ0) is 14.6. The average Bonchev–Trinajstić information content (AvgIpc) is 2.96. The molecular formula is C15H28N2O3. The molecule has 116 valence electrons. The second-order valence-corrected chi connectivity index (χ2v) is 6.04. The molecule has 2 aliphatic rings. The van der Waals surface area contributed by atoms with Crippen molar-refractivity contribution in [3.05, 3.63) is 0 Å². The molecule has 1 amide bonds. The normalized spacial score (nSPS) is 29.1. The van der Waals surface area contributed by atoms with Gasteiger partial charge in [-0.05, 0) is 26.2 Å². The fraction of sp³-hybridized carbons (Fsp3) is 0.933. The van der Waals surface area contributed by atoms with Gasteiger partial charge in [0.05, 0.1) is 18.6 Å². The molecule has 2 saturated carbocycles. The van der Waals surface area contributed by atoms with Crippen molar-refractivity contribution in [2.75, 3.05) is 20.3 Å². The summed E-state index contributed by atoms with van der Waals surface area (Å²) in [6.45, 7) is 3.17. The van der Waals surface area contributed by atoms with Crippen molar-refractivity contribution in [2.45, 2.75) is 63.7 Å². The van der Waals surface area contributed by atoms with Crippen molar-refractivity contribution in [2.24, 2.45) is 11.1 Å². The molecule has 2 fully saturated rings. The molecule has 3 N–H and O–H groups in total. The predicted molar refractivity (Wildman–Crippen MR) is 77.3 cm³/mol. The van der Waals surface area contributed by atoms with E-state index in [0.29, 0.717) is 19.1 Å². The standard InChI is InChI=1S/C15H28N2O3/c1-3-20-13-9-12(15(13)6-4-5-7-15)17-14(18)8-11(10-16)19-2/h11-13H,3-10,16H2,1-2H3,(H,17,18). The van der Waals surface area contributed by atoms with Crippen LogP contribution < -0.4 is 11.1 Å². The van der Waals surface area contributed by atoms with E-state index >= 15 is 0 Å². The van der Waals surface area contributed by atoms with Crippen LogP contribution in [0.5, 0.6) is 0 Å². The van der Waals surface area contributed by atoms with Gasteiger partial charge in [0.1, 0.15) is 0 Å². The van der Waals surface area contributed by atoms with Gasteiger partial charge in [-0.1, -0.05) is 12.8 Å². The van der Waals surface area contributed by atoms with Crippen LogP contribution in [0.2, 0.25) is 0 Å². The van der Waals surface area contributed by atoms with E-state index in [2.05, 4.69) is 5.32 Å². The molecule has 20 heavy (non-hydrogen) atoms. The van der Waals surface area contributed by atoms with Crippen LogP contribution in [0.3, 0.4) is 0 Å². The number of rotatable bonds is 7. The molecule has 0 aromatic rings. The van der Waals surface area contributed by atoms with Crippen molar-refractivity contribution < 1.29 is 14.3 Å². The maximum Gasteiger partial charge on any atom is 0.222 e. The van der Waals surface area contributed by atoms with E-state index in [1.807, 2.05) is 6.92 Å². The number of hydrogen-bond donors (Lipinski definition) is 2. The Morgan fingerprint density at radius 1 is 1.45 bits per heavy atom. The number of methoxy groups -OCH3 is 1. The Bertz CT molecular complexity index is 325. The molecule has 1 spiro atoms. The summed E-state index contributed by atoms with van der Waals surface area (Å²) in [7, 11) is 1.59. The molecule has 2 rings (SSSR count). The minimum Gasteiger partial charge on any atom is -0.380 e.